The molecule has 0 aliphatic carbocycles. The number of fused-ring (bicyclic) bond motifs is 1. The van der Waals surface area contributed by atoms with E-state index in [-0.39, 0.29) is 10.0 Å². The van der Waals surface area contributed by atoms with Gasteiger partial charge in [-0.25, -0.2) is 8.42 Å². The monoisotopic (exact) mass is 367 g/mol. The molecular formula is C18H13N3O2S2. The fourth-order valence-corrected chi connectivity index (χ4v) is 4.61. The van der Waals surface area contributed by atoms with Gasteiger partial charge in [0.25, 0.3) is 10.0 Å². The molecule has 0 saturated carbocycles. The Morgan fingerprint density at radius 2 is 1.56 bits per heavy atom. The fourth-order valence-electron chi connectivity index (χ4n) is 2.57. The van der Waals surface area contributed by atoms with E-state index >= 15 is 0 Å². The summed E-state index contributed by atoms with van der Waals surface area (Å²) in [5.41, 5.74) is 0.842. The van der Waals surface area contributed by atoms with Crippen LogP contribution in [0.2, 0.25) is 0 Å². The molecule has 124 valence electrons. The summed E-state index contributed by atoms with van der Waals surface area (Å²) in [6.45, 7) is 0. The van der Waals surface area contributed by atoms with Crippen LogP contribution in [-0.4, -0.2) is 17.8 Å². The smallest absolute Gasteiger partial charge is 0.253 e. The first kappa shape index (κ1) is 15.7. The molecule has 0 aliphatic rings. The van der Waals surface area contributed by atoms with E-state index in [4.69, 9.17) is 0 Å². The van der Waals surface area contributed by atoms with Crippen molar-refractivity contribution in [3.63, 3.8) is 0 Å². The van der Waals surface area contributed by atoms with Crippen LogP contribution in [0.5, 0.6) is 0 Å². The predicted octanol–water partition coefficient (Wildman–Crippen LogP) is 4.16. The van der Waals surface area contributed by atoms with Crippen LogP contribution in [0.1, 0.15) is 0 Å². The van der Waals surface area contributed by atoms with Gasteiger partial charge in [-0.1, -0.05) is 66.7 Å². The maximum Gasteiger partial charge on any atom is 0.264 e. The van der Waals surface area contributed by atoms with Crippen LogP contribution in [0.4, 0.5) is 5.13 Å². The molecule has 0 saturated heterocycles. The summed E-state index contributed by atoms with van der Waals surface area (Å²) in [7, 11) is -3.75. The van der Waals surface area contributed by atoms with Crippen molar-refractivity contribution in [2.24, 2.45) is 0 Å². The second kappa shape index (κ2) is 6.27. The van der Waals surface area contributed by atoms with Crippen molar-refractivity contribution in [3.05, 3.63) is 72.8 Å². The van der Waals surface area contributed by atoms with Crippen molar-refractivity contribution in [2.75, 3.05) is 4.72 Å². The summed E-state index contributed by atoms with van der Waals surface area (Å²) in [6, 6.07) is 22.0. The summed E-state index contributed by atoms with van der Waals surface area (Å²) >= 11 is 1.02. The second-order valence-electron chi connectivity index (χ2n) is 5.37. The van der Waals surface area contributed by atoms with Crippen molar-refractivity contribution in [3.8, 4) is 11.4 Å². The lowest BCUT2D eigenvalue weighted by molar-refractivity contribution is 0.602. The van der Waals surface area contributed by atoms with Gasteiger partial charge in [0.2, 0.25) is 5.13 Å². The van der Waals surface area contributed by atoms with E-state index in [1.807, 2.05) is 54.6 Å². The summed E-state index contributed by atoms with van der Waals surface area (Å²) in [5, 5.41) is 1.78. The third kappa shape index (κ3) is 3.11. The predicted molar refractivity (Wildman–Crippen MR) is 100 cm³/mol. The van der Waals surface area contributed by atoms with Crippen molar-refractivity contribution in [2.45, 2.75) is 4.90 Å². The summed E-state index contributed by atoms with van der Waals surface area (Å²) < 4.78 is 32.3. The largest absolute Gasteiger partial charge is 0.264 e. The molecule has 0 atom stereocenters. The van der Waals surface area contributed by atoms with Crippen LogP contribution in [0.15, 0.2) is 77.7 Å². The average Bonchev–Trinajstić information content (AvgIpc) is 3.10. The molecule has 0 aliphatic heterocycles. The molecule has 0 amide bonds. The van der Waals surface area contributed by atoms with Gasteiger partial charge < -0.3 is 0 Å². The molecule has 0 radical (unpaired) electrons. The minimum absolute atomic E-state index is 0.224. The number of sulfonamides is 1. The number of benzene rings is 3. The number of aromatic nitrogens is 2. The molecule has 5 nitrogen and oxygen atoms in total. The van der Waals surface area contributed by atoms with Gasteiger partial charge >= 0.3 is 0 Å². The van der Waals surface area contributed by atoms with E-state index in [1.54, 1.807) is 18.2 Å². The molecule has 1 heterocycles. The quantitative estimate of drug-likeness (QED) is 0.588. The molecule has 0 spiro atoms. The Morgan fingerprint density at radius 1 is 0.840 bits per heavy atom. The maximum absolute atomic E-state index is 12.8. The lowest BCUT2D eigenvalue weighted by Gasteiger charge is -2.08. The van der Waals surface area contributed by atoms with E-state index in [0.29, 0.717) is 11.2 Å². The number of hydrogen-bond donors (Lipinski definition) is 1. The SMILES string of the molecule is O=S(=O)(Nc1nc(-c2ccccc2)ns1)c1cccc2ccccc12. The van der Waals surface area contributed by atoms with Crippen molar-refractivity contribution in [1.29, 1.82) is 0 Å². The van der Waals surface area contributed by atoms with Crippen LogP contribution in [0, 0.1) is 0 Å². The average molecular weight is 367 g/mol. The third-order valence-electron chi connectivity index (χ3n) is 3.72. The first-order chi connectivity index (χ1) is 12.1. The van der Waals surface area contributed by atoms with Crippen LogP contribution in [0.25, 0.3) is 22.2 Å². The van der Waals surface area contributed by atoms with Crippen LogP contribution >= 0.6 is 11.5 Å². The summed E-state index contributed by atoms with van der Waals surface area (Å²) in [5.74, 6) is 0.501. The van der Waals surface area contributed by atoms with E-state index in [9.17, 15) is 8.42 Å². The van der Waals surface area contributed by atoms with Gasteiger partial charge in [0.15, 0.2) is 5.82 Å². The highest BCUT2D eigenvalue weighted by Gasteiger charge is 2.19. The Labute approximate surface area is 149 Å². The molecule has 0 fully saturated rings. The van der Waals surface area contributed by atoms with Gasteiger partial charge in [0.1, 0.15) is 0 Å². The Bertz CT molecular complexity index is 1130. The molecule has 1 aromatic heterocycles. The third-order valence-corrected chi connectivity index (χ3v) is 5.88. The summed E-state index contributed by atoms with van der Waals surface area (Å²) in [4.78, 5) is 4.51. The lowest BCUT2D eigenvalue weighted by atomic mass is 10.1. The van der Waals surface area contributed by atoms with Gasteiger partial charge in [-0.2, -0.15) is 9.36 Å². The highest BCUT2D eigenvalue weighted by molar-refractivity contribution is 7.93. The first-order valence-corrected chi connectivity index (χ1v) is 9.79. The zero-order valence-corrected chi connectivity index (χ0v) is 14.6. The highest BCUT2D eigenvalue weighted by atomic mass is 32.2. The van der Waals surface area contributed by atoms with Gasteiger partial charge in [0, 0.05) is 22.5 Å². The lowest BCUT2D eigenvalue weighted by Crippen LogP contribution is -2.13. The number of rotatable bonds is 4. The highest BCUT2D eigenvalue weighted by Crippen LogP contribution is 2.27. The van der Waals surface area contributed by atoms with Crippen molar-refractivity contribution in [1.82, 2.24) is 9.36 Å². The maximum atomic E-state index is 12.8. The number of nitrogens with one attached hydrogen (secondary N) is 1. The van der Waals surface area contributed by atoms with Crippen LogP contribution < -0.4 is 4.72 Å². The molecule has 25 heavy (non-hydrogen) atoms. The molecule has 0 bridgehead atoms. The van der Waals surface area contributed by atoms with E-state index < -0.39 is 10.0 Å². The number of nitrogens with zero attached hydrogens (tertiary/aromatic N) is 2. The van der Waals surface area contributed by atoms with Crippen molar-refractivity contribution < 1.29 is 8.42 Å². The van der Waals surface area contributed by atoms with Crippen molar-refractivity contribution >= 4 is 37.5 Å². The van der Waals surface area contributed by atoms with Gasteiger partial charge in [-0.15, -0.1) is 0 Å². The van der Waals surface area contributed by atoms with Gasteiger partial charge in [-0.3, -0.25) is 4.72 Å². The molecule has 1 N–H and O–H groups in total. The minimum atomic E-state index is -3.75. The van der Waals surface area contributed by atoms with E-state index in [1.165, 1.54) is 0 Å². The van der Waals surface area contributed by atoms with Gasteiger partial charge in [0.05, 0.1) is 4.90 Å². The van der Waals surface area contributed by atoms with E-state index in [0.717, 1.165) is 22.5 Å². The Morgan fingerprint density at radius 3 is 2.40 bits per heavy atom. The first-order valence-electron chi connectivity index (χ1n) is 7.53. The Hall–Kier alpha value is -2.77. The molecule has 3 aromatic carbocycles. The molecular weight excluding hydrogens is 354 g/mol. The second-order valence-corrected chi connectivity index (χ2v) is 7.77. The fraction of sp³-hybridized carbons (Fsp3) is 0. The van der Waals surface area contributed by atoms with E-state index in [2.05, 4.69) is 14.1 Å². The number of hydrogen-bond acceptors (Lipinski definition) is 5. The molecule has 0 unspecified atom stereocenters. The summed E-state index contributed by atoms with van der Waals surface area (Å²) in [6.07, 6.45) is 0. The number of anilines is 1. The zero-order valence-electron chi connectivity index (χ0n) is 13.0. The molecule has 7 heteroatoms. The normalized spacial score (nSPS) is 11.5. The topological polar surface area (TPSA) is 72.0 Å². The Balaban J connectivity index is 1.69. The molecule has 4 aromatic rings. The standard InChI is InChI=1S/C18H13N3O2S2/c22-25(23,16-12-6-10-13-7-4-5-11-15(13)16)21-18-19-17(20-24-18)14-8-2-1-3-9-14/h1-12H,(H,19,20,21). The minimum Gasteiger partial charge on any atom is -0.253 e. The van der Waals surface area contributed by atoms with Crippen LogP contribution in [-0.2, 0) is 10.0 Å². The van der Waals surface area contributed by atoms with Crippen LogP contribution in [0.3, 0.4) is 0 Å². The zero-order chi connectivity index (χ0) is 17.3. The molecule has 4 rings (SSSR count). The van der Waals surface area contributed by atoms with Gasteiger partial charge in [-0.05, 0) is 11.5 Å². The Kier molecular flexibility index (Phi) is 3.95.